The van der Waals surface area contributed by atoms with Crippen LogP contribution in [0.5, 0.6) is 5.75 Å². The third kappa shape index (κ3) is 6.80. The van der Waals surface area contributed by atoms with Gasteiger partial charge < -0.3 is 15.0 Å². The van der Waals surface area contributed by atoms with Gasteiger partial charge in [0.05, 0.1) is 6.04 Å². The van der Waals surface area contributed by atoms with E-state index in [4.69, 9.17) is 4.74 Å². The minimum atomic E-state index is -0.600. The second kappa shape index (κ2) is 12.7. The summed E-state index contributed by atoms with van der Waals surface area (Å²) in [7, 11) is 0. The van der Waals surface area contributed by atoms with Crippen molar-refractivity contribution >= 4 is 11.8 Å². The fraction of sp³-hybridized carbons (Fsp3) is 0.406. The molecule has 0 saturated heterocycles. The van der Waals surface area contributed by atoms with Gasteiger partial charge in [-0.1, -0.05) is 62.7 Å². The molecule has 0 bridgehead atoms. The third-order valence-corrected chi connectivity index (χ3v) is 6.99. The molecule has 1 N–H and O–H groups in total. The SMILES string of the molecule is CCC(Oc1ccc2c(c1)C(c1ccc(C)cc1)N(C(=O)CC(C)C)CC2)C(=O)NCCc1ccccn1. The summed E-state index contributed by atoms with van der Waals surface area (Å²) in [5, 5.41) is 2.99. The Labute approximate surface area is 226 Å². The first-order valence-corrected chi connectivity index (χ1v) is 13.7. The predicted octanol–water partition coefficient (Wildman–Crippen LogP) is 5.43. The van der Waals surface area contributed by atoms with Crippen molar-refractivity contribution in [2.24, 2.45) is 5.92 Å². The van der Waals surface area contributed by atoms with Gasteiger partial charge in [-0.3, -0.25) is 14.6 Å². The molecule has 0 radical (unpaired) electrons. The molecule has 0 spiro atoms. The zero-order chi connectivity index (χ0) is 27.1. The summed E-state index contributed by atoms with van der Waals surface area (Å²) in [6.45, 7) is 9.36. The molecule has 0 saturated carbocycles. The molecule has 1 aliphatic rings. The van der Waals surface area contributed by atoms with Crippen molar-refractivity contribution < 1.29 is 14.3 Å². The summed E-state index contributed by atoms with van der Waals surface area (Å²) in [6.07, 6.45) is 3.69. The standard InChI is InChI=1S/C32H39N3O3/c1-5-29(32(37)34-18-15-26-8-6-7-17-33-26)38-27-14-13-24-16-19-35(30(36)20-22(2)3)31(28(24)21-27)25-11-9-23(4)10-12-25/h6-14,17,21-22,29,31H,5,15-16,18-20H2,1-4H3,(H,34,37). The number of nitrogens with zero attached hydrogens (tertiary/aromatic N) is 2. The van der Waals surface area contributed by atoms with Crippen molar-refractivity contribution in [3.63, 3.8) is 0 Å². The van der Waals surface area contributed by atoms with Gasteiger partial charge in [0.15, 0.2) is 6.10 Å². The van der Waals surface area contributed by atoms with E-state index in [1.54, 1.807) is 6.20 Å². The lowest BCUT2D eigenvalue weighted by Crippen LogP contribution is -2.41. The number of ether oxygens (including phenoxy) is 1. The van der Waals surface area contributed by atoms with Gasteiger partial charge >= 0.3 is 0 Å². The number of pyridine rings is 1. The Morgan fingerprint density at radius 3 is 2.58 bits per heavy atom. The minimum Gasteiger partial charge on any atom is -0.481 e. The Bertz CT molecular complexity index is 1220. The van der Waals surface area contributed by atoms with Gasteiger partial charge in [-0.15, -0.1) is 0 Å². The first-order valence-electron chi connectivity index (χ1n) is 13.7. The molecule has 1 aromatic heterocycles. The first kappa shape index (κ1) is 27.4. The zero-order valence-electron chi connectivity index (χ0n) is 22.9. The third-order valence-electron chi connectivity index (χ3n) is 6.99. The summed E-state index contributed by atoms with van der Waals surface area (Å²) < 4.78 is 6.23. The molecule has 2 aromatic carbocycles. The molecular formula is C32H39N3O3. The van der Waals surface area contributed by atoms with E-state index in [-0.39, 0.29) is 17.9 Å². The van der Waals surface area contributed by atoms with Gasteiger partial charge in [-0.05, 0) is 66.6 Å². The van der Waals surface area contributed by atoms with E-state index in [1.807, 2.05) is 42.2 Å². The highest BCUT2D eigenvalue weighted by molar-refractivity contribution is 5.81. The molecule has 4 rings (SSSR count). The highest BCUT2D eigenvalue weighted by Crippen LogP contribution is 2.38. The lowest BCUT2D eigenvalue weighted by atomic mass is 9.87. The summed E-state index contributed by atoms with van der Waals surface area (Å²) in [5.74, 6) is 0.968. The highest BCUT2D eigenvalue weighted by atomic mass is 16.5. The Morgan fingerprint density at radius 2 is 1.89 bits per heavy atom. The van der Waals surface area contributed by atoms with Crippen molar-refractivity contribution in [3.05, 3.63) is 94.8 Å². The second-order valence-corrected chi connectivity index (χ2v) is 10.5. The van der Waals surface area contributed by atoms with Crippen LogP contribution in [0.2, 0.25) is 0 Å². The van der Waals surface area contributed by atoms with E-state index in [1.165, 1.54) is 11.1 Å². The lowest BCUT2D eigenvalue weighted by Gasteiger charge is -2.38. The molecule has 0 fully saturated rings. The largest absolute Gasteiger partial charge is 0.481 e. The maximum Gasteiger partial charge on any atom is 0.261 e. The van der Waals surface area contributed by atoms with Crippen molar-refractivity contribution in [2.75, 3.05) is 13.1 Å². The van der Waals surface area contributed by atoms with Crippen LogP contribution in [0.15, 0.2) is 66.9 Å². The summed E-state index contributed by atoms with van der Waals surface area (Å²) in [4.78, 5) is 32.5. The fourth-order valence-corrected chi connectivity index (χ4v) is 4.97. The monoisotopic (exact) mass is 513 g/mol. The van der Waals surface area contributed by atoms with Gasteiger partial charge in [0.1, 0.15) is 5.75 Å². The average molecular weight is 514 g/mol. The number of fused-ring (bicyclic) bond motifs is 1. The molecular weight excluding hydrogens is 474 g/mol. The van der Waals surface area contributed by atoms with Gasteiger partial charge in [-0.2, -0.15) is 0 Å². The second-order valence-electron chi connectivity index (χ2n) is 10.5. The highest BCUT2D eigenvalue weighted by Gasteiger charge is 2.33. The summed E-state index contributed by atoms with van der Waals surface area (Å²) in [5.41, 5.74) is 5.49. The molecule has 2 amide bonds. The smallest absolute Gasteiger partial charge is 0.261 e. The fourth-order valence-electron chi connectivity index (χ4n) is 4.97. The minimum absolute atomic E-state index is 0.134. The summed E-state index contributed by atoms with van der Waals surface area (Å²) >= 11 is 0. The van der Waals surface area contributed by atoms with E-state index in [2.05, 4.69) is 61.4 Å². The molecule has 3 aromatic rings. The van der Waals surface area contributed by atoms with Crippen molar-refractivity contribution in [1.82, 2.24) is 15.2 Å². The van der Waals surface area contributed by atoms with Crippen LogP contribution >= 0.6 is 0 Å². The van der Waals surface area contributed by atoms with Gasteiger partial charge in [0, 0.05) is 37.8 Å². The zero-order valence-corrected chi connectivity index (χ0v) is 22.9. The Kier molecular flexibility index (Phi) is 9.16. The van der Waals surface area contributed by atoms with Gasteiger partial charge in [0.25, 0.3) is 5.91 Å². The Balaban J connectivity index is 1.54. The number of aryl methyl sites for hydroxylation is 1. The molecule has 0 aliphatic carbocycles. The maximum absolute atomic E-state index is 13.3. The van der Waals surface area contributed by atoms with E-state index in [0.717, 1.165) is 23.2 Å². The summed E-state index contributed by atoms with van der Waals surface area (Å²) in [6, 6.07) is 20.1. The molecule has 200 valence electrons. The lowest BCUT2D eigenvalue weighted by molar-refractivity contribution is -0.134. The van der Waals surface area contributed by atoms with Crippen molar-refractivity contribution in [3.8, 4) is 5.75 Å². The number of carbonyl (C=O) groups excluding carboxylic acids is 2. The number of hydrogen-bond acceptors (Lipinski definition) is 4. The Morgan fingerprint density at radius 1 is 1.11 bits per heavy atom. The first-order chi connectivity index (χ1) is 18.4. The number of nitrogens with one attached hydrogen (secondary N) is 1. The maximum atomic E-state index is 13.3. The van der Waals surface area contributed by atoms with E-state index < -0.39 is 6.10 Å². The van der Waals surface area contributed by atoms with Crippen LogP contribution in [0.4, 0.5) is 0 Å². The van der Waals surface area contributed by atoms with E-state index in [0.29, 0.717) is 44.0 Å². The number of rotatable bonds is 10. The van der Waals surface area contributed by atoms with Crippen LogP contribution in [-0.2, 0) is 22.4 Å². The van der Waals surface area contributed by atoms with Crippen LogP contribution in [0.25, 0.3) is 0 Å². The van der Waals surface area contributed by atoms with Crippen molar-refractivity contribution in [2.45, 2.75) is 65.5 Å². The Hall–Kier alpha value is -3.67. The van der Waals surface area contributed by atoms with Crippen LogP contribution in [0, 0.1) is 12.8 Å². The predicted molar refractivity (Wildman–Crippen MR) is 150 cm³/mol. The van der Waals surface area contributed by atoms with E-state index >= 15 is 0 Å². The number of benzene rings is 2. The van der Waals surface area contributed by atoms with Crippen LogP contribution in [0.1, 0.15) is 67.6 Å². The molecule has 6 nitrogen and oxygen atoms in total. The number of carbonyl (C=O) groups is 2. The molecule has 6 heteroatoms. The molecule has 2 heterocycles. The molecule has 2 atom stereocenters. The van der Waals surface area contributed by atoms with Crippen molar-refractivity contribution in [1.29, 1.82) is 0 Å². The molecule has 2 unspecified atom stereocenters. The average Bonchev–Trinajstić information content (AvgIpc) is 2.91. The number of hydrogen-bond donors (Lipinski definition) is 1. The van der Waals surface area contributed by atoms with Gasteiger partial charge in [-0.25, -0.2) is 0 Å². The molecule has 1 aliphatic heterocycles. The van der Waals surface area contributed by atoms with E-state index in [9.17, 15) is 9.59 Å². The van der Waals surface area contributed by atoms with Crippen LogP contribution in [-0.4, -0.2) is 40.9 Å². The quantitative estimate of drug-likeness (QED) is 0.393. The topological polar surface area (TPSA) is 71.5 Å². The number of amides is 2. The van der Waals surface area contributed by atoms with Gasteiger partial charge in [0.2, 0.25) is 5.91 Å². The van der Waals surface area contributed by atoms with Crippen LogP contribution in [0.3, 0.4) is 0 Å². The molecule has 38 heavy (non-hydrogen) atoms. The normalized spacial score (nSPS) is 15.6. The number of aromatic nitrogens is 1. The van der Waals surface area contributed by atoms with Crippen LogP contribution < -0.4 is 10.1 Å².